The van der Waals surface area contributed by atoms with Crippen molar-refractivity contribution in [3.05, 3.63) is 39.5 Å². The molecule has 106 valence electrons. The number of aryl methyl sites for hydroxylation is 1. The third kappa shape index (κ3) is 2.63. The summed E-state index contributed by atoms with van der Waals surface area (Å²) in [6.45, 7) is 8.49. The van der Waals surface area contributed by atoms with E-state index in [1.54, 1.807) is 0 Å². The second kappa shape index (κ2) is 5.05. The fourth-order valence-electron chi connectivity index (χ4n) is 2.04. The predicted octanol–water partition coefficient (Wildman–Crippen LogP) is 4.14. The second-order valence-corrected chi connectivity index (χ2v) is 6.64. The fraction of sp³-hybridized carbons (Fsp3) is 0.333. The van der Waals surface area contributed by atoms with Crippen molar-refractivity contribution < 1.29 is 9.90 Å². The molecule has 0 unspecified atom stereocenters. The standard InChI is InChI=1S/C15H17BrN2O2/c1-8-7-9(15(2,3)4)5-6-10(8)12-11(16)13(14(19)20)18-17-12/h5-7H,1-4H3,(H,17,18)(H,19,20). The molecule has 4 nitrogen and oxygen atoms in total. The molecule has 0 aliphatic heterocycles. The molecule has 2 N–H and O–H groups in total. The van der Waals surface area contributed by atoms with Crippen LogP contribution in [-0.2, 0) is 5.41 Å². The van der Waals surface area contributed by atoms with Crippen LogP contribution in [-0.4, -0.2) is 21.3 Å². The van der Waals surface area contributed by atoms with E-state index in [-0.39, 0.29) is 11.1 Å². The number of aromatic nitrogens is 2. The van der Waals surface area contributed by atoms with Gasteiger partial charge in [0.15, 0.2) is 5.69 Å². The highest BCUT2D eigenvalue weighted by Crippen LogP contribution is 2.33. The molecule has 1 aromatic carbocycles. The van der Waals surface area contributed by atoms with Crippen LogP contribution in [0, 0.1) is 6.92 Å². The number of aromatic carboxylic acids is 1. The number of rotatable bonds is 2. The van der Waals surface area contributed by atoms with Crippen molar-refractivity contribution in [3.63, 3.8) is 0 Å². The molecule has 1 aromatic heterocycles. The molecule has 0 aliphatic carbocycles. The van der Waals surface area contributed by atoms with E-state index in [2.05, 4.69) is 59.0 Å². The quantitative estimate of drug-likeness (QED) is 0.865. The maximum atomic E-state index is 11.0. The van der Waals surface area contributed by atoms with E-state index >= 15 is 0 Å². The number of H-pyrrole nitrogens is 1. The van der Waals surface area contributed by atoms with Crippen LogP contribution in [0.2, 0.25) is 0 Å². The summed E-state index contributed by atoms with van der Waals surface area (Å²) < 4.78 is 0.483. The number of halogens is 1. The van der Waals surface area contributed by atoms with E-state index in [1.807, 2.05) is 13.0 Å². The first-order valence-corrected chi connectivity index (χ1v) is 7.09. The second-order valence-electron chi connectivity index (χ2n) is 5.85. The van der Waals surface area contributed by atoms with E-state index in [0.29, 0.717) is 10.2 Å². The Labute approximate surface area is 126 Å². The maximum absolute atomic E-state index is 11.0. The Morgan fingerprint density at radius 1 is 1.35 bits per heavy atom. The largest absolute Gasteiger partial charge is 0.476 e. The molecule has 5 heteroatoms. The zero-order valence-electron chi connectivity index (χ0n) is 11.9. The van der Waals surface area contributed by atoms with Crippen LogP contribution in [0.4, 0.5) is 0 Å². The van der Waals surface area contributed by atoms with Gasteiger partial charge in [0.2, 0.25) is 0 Å². The normalized spacial score (nSPS) is 11.7. The smallest absolute Gasteiger partial charge is 0.355 e. The first-order chi connectivity index (χ1) is 9.21. The van der Waals surface area contributed by atoms with Crippen LogP contribution >= 0.6 is 15.9 Å². The van der Waals surface area contributed by atoms with Crippen LogP contribution in [0.1, 0.15) is 42.4 Å². The van der Waals surface area contributed by atoms with Gasteiger partial charge in [-0.2, -0.15) is 5.10 Å². The van der Waals surface area contributed by atoms with Crippen molar-refractivity contribution in [2.45, 2.75) is 33.1 Å². The lowest BCUT2D eigenvalue weighted by Crippen LogP contribution is -2.11. The molecule has 0 aliphatic rings. The SMILES string of the molecule is Cc1cc(C(C)(C)C)ccc1-c1n[nH]c(C(=O)O)c1Br. The molecule has 2 aromatic rings. The van der Waals surface area contributed by atoms with E-state index in [4.69, 9.17) is 5.11 Å². The zero-order chi connectivity index (χ0) is 15.1. The summed E-state index contributed by atoms with van der Waals surface area (Å²) in [5.74, 6) is -1.03. The molecule has 1 heterocycles. The number of carboxylic acid groups (broad SMARTS) is 1. The van der Waals surface area contributed by atoms with Crippen molar-refractivity contribution in [3.8, 4) is 11.3 Å². The lowest BCUT2D eigenvalue weighted by molar-refractivity contribution is 0.0689. The molecular formula is C15H17BrN2O2. The van der Waals surface area contributed by atoms with Crippen molar-refractivity contribution in [2.24, 2.45) is 0 Å². The third-order valence-electron chi connectivity index (χ3n) is 3.27. The first kappa shape index (κ1) is 14.8. The highest BCUT2D eigenvalue weighted by Gasteiger charge is 2.20. The van der Waals surface area contributed by atoms with Gasteiger partial charge in [-0.15, -0.1) is 0 Å². The molecule has 0 atom stereocenters. The van der Waals surface area contributed by atoms with E-state index in [1.165, 1.54) is 5.56 Å². The number of nitrogens with one attached hydrogen (secondary N) is 1. The lowest BCUT2D eigenvalue weighted by atomic mass is 9.85. The molecule has 0 radical (unpaired) electrons. The number of benzene rings is 1. The number of nitrogens with zero attached hydrogens (tertiary/aromatic N) is 1. The molecule has 2 rings (SSSR count). The van der Waals surface area contributed by atoms with Gasteiger partial charge in [0.05, 0.1) is 4.47 Å². The Bertz CT molecular complexity index is 669. The van der Waals surface area contributed by atoms with Crippen LogP contribution in [0.5, 0.6) is 0 Å². The van der Waals surface area contributed by atoms with Gasteiger partial charge in [-0.05, 0) is 39.4 Å². The summed E-state index contributed by atoms with van der Waals surface area (Å²) in [5, 5.41) is 15.7. The van der Waals surface area contributed by atoms with E-state index in [0.717, 1.165) is 11.1 Å². The fourth-order valence-corrected chi connectivity index (χ4v) is 2.60. The van der Waals surface area contributed by atoms with Gasteiger partial charge >= 0.3 is 5.97 Å². The first-order valence-electron chi connectivity index (χ1n) is 6.30. The van der Waals surface area contributed by atoms with Crippen LogP contribution in [0.3, 0.4) is 0 Å². The molecule has 0 bridgehead atoms. The Kier molecular flexibility index (Phi) is 3.73. The van der Waals surface area contributed by atoms with E-state index in [9.17, 15) is 4.79 Å². The molecule has 0 saturated heterocycles. The molecule has 0 amide bonds. The van der Waals surface area contributed by atoms with Crippen molar-refractivity contribution in [2.75, 3.05) is 0 Å². The number of hydrogen-bond donors (Lipinski definition) is 2. The number of carbonyl (C=O) groups is 1. The topological polar surface area (TPSA) is 66.0 Å². The minimum absolute atomic E-state index is 0.0688. The monoisotopic (exact) mass is 336 g/mol. The van der Waals surface area contributed by atoms with Gasteiger partial charge in [-0.3, -0.25) is 5.10 Å². The number of aromatic amines is 1. The van der Waals surface area contributed by atoms with E-state index < -0.39 is 5.97 Å². The Morgan fingerprint density at radius 3 is 2.45 bits per heavy atom. The van der Waals surface area contributed by atoms with Crippen LogP contribution in [0.25, 0.3) is 11.3 Å². The van der Waals surface area contributed by atoms with Gasteiger partial charge in [0.1, 0.15) is 5.69 Å². The average molecular weight is 337 g/mol. The summed E-state index contributed by atoms with van der Waals surface area (Å²) in [6.07, 6.45) is 0. The Hall–Kier alpha value is -1.62. The summed E-state index contributed by atoms with van der Waals surface area (Å²) in [4.78, 5) is 11.0. The summed E-state index contributed by atoms with van der Waals surface area (Å²) >= 11 is 3.31. The average Bonchev–Trinajstić information content (AvgIpc) is 2.70. The summed E-state index contributed by atoms with van der Waals surface area (Å²) in [7, 11) is 0. The Morgan fingerprint density at radius 2 is 2.00 bits per heavy atom. The number of hydrogen-bond acceptors (Lipinski definition) is 2. The third-order valence-corrected chi connectivity index (χ3v) is 4.04. The van der Waals surface area contributed by atoms with Gasteiger partial charge in [-0.1, -0.05) is 39.0 Å². The lowest BCUT2D eigenvalue weighted by Gasteiger charge is -2.20. The minimum atomic E-state index is -1.03. The van der Waals surface area contributed by atoms with Crippen LogP contribution in [0.15, 0.2) is 22.7 Å². The van der Waals surface area contributed by atoms with Gasteiger partial charge in [0, 0.05) is 5.56 Å². The Balaban J connectivity index is 2.52. The van der Waals surface area contributed by atoms with Crippen molar-refractivity contribution in [1.82, 2.24) is 10.2 Å². The summed E-state index contributed by atoms with van der Waals surface area (Å²) in [5.41, 5.74) is 4.01. The molecule has 20 heavy (non-hydrogen) atoms. The molecular weight excluding hydrogens is 320 g/mol. The number of carboxylic acids is 1. The highest BCUT2D eigenvalue weighted by molar-refractivity contribution is 9.10. The van der Waals surface area contributed by atoms with Gasteiger partial charge in [-0.25, -0.2) is 4.79 Å². The maximum Gasteiger partial charge on any atom is 0.355 e. The molecule has 0 saturated carbocycles. The van der Waals surface area contributed by atoms with Crippen molar-refractivity contribution in [1.29, 1.82) is 0 Å². The minimum Gasteiger partial charge on any atom is -0.476 e. The molecule has 0 spiro atoms. The predicted molar refractivity (Wildman–Crippen MR) is 82.1 cm³/mol. The van der Waals surface area contributed by atoms with Crippen molar-refractivity contribution >= 4 is 21.9 Å². The van der Waals surface area contributed by atoms with Gasteiger partial charge in [0.25, 0.3) is 0 Å². The highest BCUT2D eigenvalue weighted by atomic mass is 79.9. The van der Waals surface area contributed by atoms with Crippen LogP contribution < -0.4 is 0 Å². The summed E-state index contributed by atoms with van der Waals surface area (Å²) in [6, 6.07) is 6.17. The molecule has 0 fully saturated rings. The van der Waals surface area contributed by atoms with Gasteiger partial charge < -0.3 is 5.11 Å². The zero-order valence-corrected chi connectivity index (χ0v) is 13.5.